The Balaban J connectivity index is 2.08. The highest BCUT2D eigenvalue weighted by Crippen LogP contribution is 2.41. The van der Waals surface area contributed by atoms with Gasteiger partial charge < -0.3 is 10.6 Å². The zero-order valence-corrected chi connectivity index (χ0v) is 11.8. The molecular formula is C14H29N3. The fourth-order valence-electron chi connectivity index (χ4n) is 3.78. The Bertz CT molecular complexity index is 262. The standard InChI is InChI=1S/C14H29N3/c1-4-13(5-2)6-9-17(11-13)14(10-15)7-8-16(3)12-14/h4-12,15H2,1-3H3. The van der Waals surface area contributed by atoms with E-state index in [1.165, 1.54) is 45.3 Å². The maximum Gasteiger partial charge on any atom is 0.0470 e. The summed E-state index contributed by atoms with van der Waals surface area (Å²) in [5, 5.41) is 0. The predicted molar refractivity (Wildman–Crippen MR) is 73.1 cm³/mol. The van der Waals surface area contributed by atoms with E-state index in [1.54, 1.807) is 0 Å². The Morgan fingerprint density at radius 1 is 1.06 bits per heavy atom. The molecule has 0 radical (unpaired) electrons. The second kappa shape index (κ2) is 4.87. The first kappa shape index (κ1) is 13.3. The van der Waals surface area contributed by atoms with Gasteiger partial charge in [0.1, 0.15) is 0 Å². The Hall–Kier alpha value is -0.120. The van der Waals surface area contributed by atoms with Crippen molar-refractivity contribution in [1.29, 1.82) is 0 Å². The third-order valence-electron chi connectivity index (χ3n) is 5.51. The van der Waals surface area contributed by atoms with Crippen molar-refractivity contribution in [1.82, 2.24) is 9.80 Å². The lowest BCUT2D eigenvalue weighted by Crippen LogP contribution is -2.55. The van der Waals surface area contributed by atoms with E-state index in [4.69, 9.17) is 5.73 Å². The minimum absolute atomic E-state index is 0.279. The van der Waals surface area contributed by atoms with Gasteiger partial charge in [0.2, 0.25) is 0 Å². The molecule has 0 aliphatic carbocycles. The van der Waals surface area contributed by atoms with Crippen molar-refractivity contribution >= 4 is 0 Å². The van der Waals surface area contributed by atoms with E-state index >= 15 is 0 Å². The lowest BCUT2D eigenvalue weighted by atomic mass is 9.81. The molecule has 0 bridgehead atoms. The van der Waals surface area contributed by atoms with Crippen molar-refractivity contribution in [3.05, 3.63) is 0 Å². The molecule has 2 saturated heterocycles. The summed E-state index contributed by atoms with van der Waals surface area (Å²) < 4.78 is 0. The van der Waals surface area contributed by atoms with Crippen LogP contribution in [0, 0.1) is 5.41 Å². The maximum absolute atomic E-state index is 6.11. The molecule has 100 valence electrons. The van der Waals surface area contributed by atoms with Gasteiger partial charge in [-0.15, -0.1) is 0 Å². The summed E-state index contributed by atoms with van der Waals surface area (Å²) in [5.74, 6) is 0. The van der Waals surface area contributed by atoms with E-state index < -0.39 is 0 Å². The second-order valence-corrected chi connectivity index (χ2v) is 6.29. The molecule has 2 aliphatic heterocycles. The van der Waals surface area contributed by atoms with Crippen LogP contribution in [-0.2, 0) is 0 Å². The van der Waals surface area contributed by atoms with Crippen LogP contribution in [-0.4, -0.2) is 55.1 Å². The van der Waals surface area contributed by atoms with Gasteiger partial charge in [0, 0.05) is 25.2 Å². The number of hydrogen-bond donors (Lipinski definition) is 1. The highest BCUT2D eigenvalue weighted by molar-refractivity contribution is 5.04. The number of rotatable bonds is 4. The molecule has 2 aliphatic rings. The molecule has 3 heteroatoms. The van der Waals surface area contributed by atoms with Crippen LogP contribution in [0.4, 0.5) is 0 Å². The average Bonchev–Trinajstić information content (AvgIpc) is 2.94. The Labute approximate surface area is 106 Å². The van der Waals surface area contributed by atoms with Crippen LogP contribution in [0.3, 0.4) is 0 Å². The van der Waals surface area contributed by atoms with E-state index in [2.05, 4.69) is 30.7 Å². The van der Waals surface area contributed by atoms with Crippen LogP contribution < -0.4 is 5.73 Å². The van der Waals surface area contributed by atoms with Gasteiger partial charge in [-0.05, 0) is 51.2 Å². The molecule has 0 saturated carbocycles. The summed E-state index contributed by atoms with van der Waals surface area (Å²) in [7, 11) is 2.22. The monoisotopic (exact) mass is 239 g/mol. The van der Waals surface area contributed by atoms with Crippen molar-refractivity contribution in [2.75, 3.05) is 39.8 Å². The summed E-state index contributed by atoms with van der Waals surface area (Å²) in [4.78, 5) is 5.15. The number of nitrogens with zero attached hydrogens (tertiary/aromatic N) is 2. The maximum atomic E-state index is 6.11. The van der Waals surface area contributed by atoms with Crippen LogP contribution in [0.15, 0.2) is 0 Å². The molecule has 2 fully saturated rings. The van der Waals surface area contributed by atoms with Gasteiger partial charge >= 0.3 is 0 Å². The number of nitrogens with two attached hydrogens (primary N) is 1. The fraction of sp³-hybridized carbons (Fsp3) is 1.00. The van der Waals surface area contributed by atoms with Crippen LogP contribution in [0.25, 0.3) is 0 Å². The van der Waals surface area contributed by atoms with Gasteiger partial charge in [-0.2, -0.15) is 0 Å². The van der Waals surface area contributed by atoms with E-state index in [-0.39, 0.29) is 5.54 Å². The molecular weight excluding hydrogens is 210 g/mol. The Morgan fingerprint density at radius 2 is 1.76 bits per heavy atom. The van der Waals surface area contributed by atoms with E-state index in [1.807, 2.05) is 0 Å². The van der Waals surface area contributed by atoms with Gasteiger partial charge in [-0.3, -0.25) is 4.90 Å². The third kappa shape index (κ3) is 2.25. The smallest absolute Gasteiger partial charge is 0.0470 e. The van der Waals surface area contributed by atoms with Crippen molar-refractivity contribution in [3.63, 3.8) is 0 Å². The van der Waals surface area contributed by atoms with Crippen LogP contribution in [0.1, 0.15) is 39.5 Å². The Morgan fingerprint density at radius 3 is 2.18 bits per heavy atom. The first-order valence-corrected chi connectivity index (χ1v) is 7.23. The molecule has 0 aromatic rings. The van der Waals surface area contributed by atoms with Crippen LogP contribution in [0.2, 0.25) is 0 Å². The Kier molecular flexibility index (Phi) is 3.81. The molecule has 2 N–H and O–H groups in total. The lowest BCUT2D eigenvalue weighted by molar-refractivity contribution is 0.110. The minimum atomic E-state index is 0.279. The molecule has 0 amide bonds. The molecule has 2 heterocycles. The highest BCUT2D eigenvalue weighted by Gasteiger charge is 2.47. The van der Waals surface area contributed by atoms with Crippen molar-refractivity contribution in [3.8, 4) is 0 Å². The molecule has 3 nitrogen and oxygen atoms in total. The molecule has 0 aromatic heterocycles. The topological polar surface area (TPSA) is 32.5 Å². The fourth-order valence-corrected chi connectivity index (χ4v) is 3.78. The van der Waals surface area contributed by atoms with Crippen molar-refractivity contribution in [2.45, 2.75) is 45.1 Å². The van der Waals surface area contributed by atoms with E-state index in [9.17, 15) is 0 Å². The molecule has 1 unspecified atom stereocenters. The van der Waals surface area contributed by atoms with Gasteiger partial charge in [0.15, 0.2) is 0 Å². The predicted octanol–water partition coefficient (Wildman–Crippen LogP) is 1.53. The van der Waals surface area contributed by atoms with Crippen LogP contribution >= 0.6 is 0 Å². The number of likely N-dealkylation sites (N-methyl/N-ethyl adjacent to an activating group) is 1. The van der Waals surface area contributed by atoms with Crippen molar-refractivity contribution in [2.24, 2.45) is 11.1 Å². The van der Waals surface area contributed by atoms with Gasteiger partial charge in [-0.1, -0.05) is 13.8 Å². The van der Waals surface area contributed by atoms with Gasteiger partial charge in [-0.25, -0.2) is 0 Å². The zero-order chi connectivity index (χ0) is 12.5. The summed E-state index contributed by atoms with van der Waals surface area (Å²) in [5.41, 5.74) is 6.97. The molecule has 0 spiro atoms. The summed E-state index contributed by atoms with van der Waals surface area (Å²) in [6, 6.07) is 0. The summed E-state index contributed by atoms with van der Waals surface area (Å²) >= 11 is 0. The quantitative estimate of drug-likeness (QED) is 0.807. The molecule has 17 heavy (non-hydrogen) atoms. The normalized spacial score (nSPS) is 34.6. The third-order valence-corrected chi connectivity index (χ3v) is 5.51. The van der Waals surface area contributed by atoms with E-state index in [0.717, 1.165) is 13.1 Å². The molecule has 2 rings (SSSR count). The highest BCUT2D eigenvalue weighted by atomic mass is 15.3. The van der Waals surface area contributed by atoms with E-state index in [0.29, 0.717) is 5.41 Å². The van der Waals surface area contributed by atoms with Crippen LogP contribution in [0.5, 0.6) is 0 Å². The first-order chi connectivity index (χ1) is 8.10. The minimum Gasteiger partial charge on any atom is -0.329 e. The van der Waals surface area contributed by atoms with Gasteiger partial charge in [0.25, 0.3) is 0 Å². The lowest BCUT2D eigenvalue weighted by Gasteiger charge is -2.39. The summed E-state index contributed by atoms with van der Waals surface area (Å²) in [6.07, 6.45) is 5.25. The summed E-state index contributed by atoms with van der Waals surface area (Å²) in [6.45, 7) is 10.4. The molecule has 0 aromatic carbocycles. The second-order valence-electron chi connectivity index (χ2n) is 6.29. The number of hydrogen-bond acceptors (Lipinski definition) is 3. The largest absolute Gasteiger partial charge is 0.329 e. The first-order valence-electron chi connectivity index (χ1n) is 7.23. The van der Waals surface area contributed by atoms with Gasteiger partial charge in [0.05, 0.1) is 0 Å². The van der Waals surface area contributed by atoms with Crippen molar-refractivity contribution < 1.29 is 0 Å². The average molecular weight is 239 g/mol. The molecule has 1 atom stereocenters. The number of likely N-dealkylation sites (tertiary alicyclic amines) is 2. The SMILES string of the molecule is CCC1(CC)CCN(C2(CN)CCN(C)C2)C1. The zero-order valence-electron chi connectivity index (χ0n) is 11.8.